The van der Waals surface area contributed by atoms with Gasteiger partial charge in [-0.1, -0.05) is 43.2 Å². The average molecular weight is 315 g/mol. The summed E-state index contributed by atoms with van der Waals surface area (Å²) in [6, 6.07) is 9.93. The van der Waals surface area contributed by atoms with Crippen molar-refractivity contribution in [2.24, 2.45) is 0 Å². The van der Waals surface area contributed by atoms with Crippen molar-refractivity contribution in [3.05, 3.63) is 47.7 Å². The van der Waals surface area contributed by atoms with Gasteiger partial charge in [0.05, 0.1) is 18.8 Å². The van der Waals surface area contributed by atoms with Crippen molar-refractivity contribution in [1.29, 1.82) is 0 Å². The SMILES string of the molecule is O=C(C1=CCCCO1)N(Cc1ccccc1)CC1(O)CCCC1. The highest BCUT2D eigenvalue weighted by Gasteiger charge is 2.35. The number of aliphatic hydroxyl groups is 1. The van der Waals surface area contributed by atoms with Gasteiger partial charge in [0.15, 0.2) is 5.76 Å². The lowest BCUT2D eigenvalue weighted by atomic mass is 10.0. The van der Waals surface area contributed by atoms with Crippen LogP contribution in [0.3, 0.4) is 0 Å². The Labute approximate surface area is 137 Å². The van der Waals surface area contributed by atoms with Crippen molar-refractivity contribution >= 4 is 5.91 Å². The van der Waals surface area contributed by atoms with Crippen LogP contribution in [-0.4, -0.2) is 34.7 Å². The molecule has 0 unspecified atom stereocenters. The van der Waals surface area contributed by atoms with E-state index in [0.717, 1.165) is 44.1 Å². The molecule has 1 N–H and O–H groups in total. The van der Waals surface area contributed by atoms with E-state index in [1.807, 2.05) is 36.4 Å². The number of benzene rings is 1. The second-order valence-electron chi connectivity index (χ2n) is 6.64. The molecule has 1 amide bonds. The quantitative estimate of drug-likeness (QED) is 0.908. The molecule has 0 aromatic heterocycles. The van der Waals surface area contributed by atoms with E-state index < -0.39 is 5.60 Å². The van der Waals surface area contributed by atoms with Gasteiger partial charge < -0.3 is 14.7 Å². The third-order valence-corrected chi connectivity index (χ3v) is 4.67. The van der Waals surface area contributed by atoms with Crippen molar-refractivity contribution < 1.29 is 14.6 Å². The van der Waals surface area contributed by atoms with Crippen LogP contribution in [0.2, 0.25) is 0 Å². The number of hydrogen-bond acceptors (Lipinski definition) is 3. The molecule has 0 spiro atoms. The van der Waals surface area contributed by atoms with Gasteiger partial charge in [0, 0.05) is 6.54 Å². The van der Waals surface area contributed by atoms with Gasteiger partial charge in [-0.3, -0.25) is 4.79 Å². The van der Waals surface area contributed by atoms with E-state index in [1.165, 1.54) is 0 Å². The van der Waals surface area contributed by atoms with Gasteiger partial charge in [-0.15, -0.1) is 0 Å². The van der Waals surface area contributed by atoms with Crippen LogP contribution >= 0.6 is 0 Å². The molecule has 1 aromatic carbocycles. The van der Waals surface area contributed by atoms with Gasteiger partial charge in [0.2, 0.25) is 0 Å². The molecule has 1 fully saturated rings. The van der Waals surface area contributed by atoms with Crippen molar-refractivity contribution in [2.75, 3.05) is 13.2 Å². The van der Waals surface area contributed by atoms with Crippen molar-refractivity contribution in [1.82, 2.24) is 4.90 Å². The van der Waals surface area contributed by atoms with Gasteiger partial charge in [0.1, 0.15) is 0 Å². The van der Waals surface area contributed by atoms with Crippen molar-refractivity contribution in [2.45, 2.75) is 50.7 Å². The van der Waals surface area contributed by atoms with E-state index in [1.54, 1.807) is 4.90 Å². The fraction of sp³-hybridized carbons (Fsp3) is 0.526. The topological polar surface area (TPSA) is 49.8 Å². The Balaban J connectivity index is 1.77. The number of hydrogen-bond donors (Lipinski definition) is 1. The molecule has 4 heteroatoms. The fourth-order valence-electron chi connectivity index (χ4n) is 3.41. The summed E-state index contributed by atoms with van der Waals surface area (Å²) in [5, 5.41) is 10.7. The highest BCUT2D eigenvalue weighted by molar-refractivity contribution is 5.91. The van der Waals surface area contributed by atoms with Crippen LogP contribution in [0.5, 0.6) is 0 Å². The van der Waals surface area contributed by atoms with E-state index >= 15 is 0 Å². The molecule has 1 aromatic rings. The molecule has 2 aliphatic rings. The lowest BCUT2D eigenvalue weighted by molar-refractivity contribution is -0.135. The number of amides is 1. The lowest BCUT2D eigenvalue weighted by Crippen LogP contribution is -2.44. The number of allylic oxidation sites excluding steroid dienone is 1. The van der Waals surface area contributed by atoms with E-state index in [2.05, 4.69) is 0 Å². The zero-order valence-electron chi connectivity index (χ0n) is 13.5. The van der Waals surface area contributed by atoms with Gasteiger partial charge in [-0.25, -0.2) is 0 Å². The fourth-order valence-corrected chi connectivity index (χ4v) is 3.41. The van der Waals surface area contributed by atoms with Crippen LogP contribution in [0, 0.1) is 0 Å². The Morgan fingerprint density at radius 3 is 2.57 bits per heavy atom. The Morgan fingerprint density at radius 1 is 1.17 bits per heavy atom. The predicted molar refractivity (Wildman–Crippen MR) is 88.5 cm³/mol. The maximum atomic E-state index is 12.9. The zero-order valence-corrected chi connectivity index (χ0v) is 13.5. The monoisotopic (exact) mass is 315 g/mol. The Hall–Kier alpha value is -1.81. The molecule has 3 rings (SSSR count). The molecule has 0 radical (unpaired) electrons. The number of nitrogens with zero attached hydrogens (tertiary/aromatic N) is 1. The molecular weight excluding hydrogens is 290 g/mol. The largest absolute Gasteiger partial charge is 0.488 e. The summed E-state index contributed by atoms with van der Waals surface area (Å²) < 4.78 is 5.54. The van der Waals surface area contributed by atoms with E-state index in [0.29, 0.717) is 25.5 Å². The molecule has 1 aliphatic heterocycles. The highest BCUT2D eigenvalue weighted by Crippen LogP contribution is 2.31. The first-order valence-electron chi connectivity index (χ1n) is 8.55. The van der Waals surface area contributed by atoms with E-state index in [4.69, 9.17) is 4.74 Å². The second-order valence-corrected chi connectivity index (χ2v) is 6.64. The maximum Gasteiger partial charge on any atom is 0.288 e. The number of carbonyl (C=O) groups excluding carboxylic acids is 1. The standard InChI is InChI=1S/C19H25NO3/c21-18(17-10-4-7-13-23-17)20(14-16-8-2-1-3-9-16)15-19(22)11-5-6-12-19/h1-3,8-10,22H,4-7,11-15H2. The van der Waals surface area contributed by atoms with Crippen LogP contribution in [-0.2, 0) is 16.1 Å². The summed E-state index contributed by atoms with van der Waals surface area (Å²) in [6.07, 6.45) is 7.31. The normalized spacial score (nSPS) is 19.8. The maximum absolute atomic E-state index is 12.9. The van der Waals surface area contributed by atoms with Gasteiger partial charge >= 0.3 is 0 Å². The average Bonchev–Trinajstić information content (AvgIpc) is 3.02. The number of carbonyl (C=O) groups is 1. The third-order valence-electron chi connectivity index (χ3n) is 4.67. The first-order valence-corrected chi connectivity index (χ1v) is 8.55. The summed E-state index contributed by atoms with van der Waals surface area (Å²) in [5.41, 5.74) is 0.318. The van der Waals surface area contributed by atoms with Gasteiger partial charge in [-0.2, -0.15) is 0 Å². The molecule has 124 valence electrons. The zero-order chi connectivity index (χ0) is 16.1. The van der Waals surface area contributed by atoms with Crippen LogP contribution in [0.15, 0.2) is 42.2 Å². The summed E-state index contributed by atoms with van der Waals surface area (Å²) in [4.78, 5) is 14.6. The van der Waals surface area contributed by atoms with Crippen molar-refractivity contribution in [3.63, 3.8) is 0 Å². The minimum absolute atomic E-state index is 0.103. The summed E-state index contributed by atoms with van der Waals surface area (Å²) in [5.74, 6) is 0.336. The van der Waals surface area contributed by atoms with Crippen LogP contribution in [0.25, 0.3) is 0 Å². The minimum atomic E-state index is -0.750. The second kappa shape index (κ2) is 7.18. The molecule has 4 nitrogen and oxygen atoms in total. The number of ether oxygens (including phenoxy) is 1. The summed E-state index contributed by atoms with van der Waals surface area (Å²) >= 11 is 0. The highest BCUT2D eigenvalue weighted by atomic mass is 16.5. The molecule has 23 heavy (non-hydrogen) atoms. The first-order chi connectivity index (χ1) is 11.2. The minimum Gasteiger partial charge on any atom is -0.488 e. The van der Waals surface area contributed by atoms with E-state index in [-0.39, 0.29) is 5.91 Å². The lowest BCUT2D eigenvalue weighted by Gasteiger charge is -2.32. The van der Waals surface area contributed by atoms with Crippen LogP contribution < -0.4 is 0 Å². The van der Waals surface area contributed by atoms with Gasteiger partial charge in [0.25, 0.3) is 5.91 Å². The van der Waals surface area contributed by atoms with Crippen LogP contribution in [0.4, 0.5) is 0 Å². The molecule has 1 aliphatic carbocycles. The van der Waals surface area contributed by atoms with Crippen LogP contribution in [0.1, 0.15) is 44.1 Å². The Kier molecular flexibility index (Phi) is 5.01. The van der Waals surface area contributed by atoms with Gasteiger partial charge in [-0.05, 0) is 37.3 Å². The molecule has 0 saturated heterocycles. The number of rotatable bonds is 5. The van der Waals surface area contributed by atoms with E-state index in [9.17, 15) is 9.90 Å². The molecule has 1 heterocycles. The smallest absolute Gasteiger partial charge is 0.288 e. The predicted octanol–water partition coefficient (Wildman–Crippen LogP) is 3.01. The molecule has 1 saturated carbocycles. The Bertz CT molecular complexity index is 561. The summed E-state index contributed by atoms with van der Waals surface area (Å²) in [6.45, 7) is 1.48. The molecular formula is C19H25NO3. The van der Waals surface area contributed by atoms with Crippen molar-refractivity contribution in [3.8, 4) is 0 Å². The molecule has 0 atom stereocenters. The third kappa shape index (κ3) is 4.14. The molecule has 0 bridgehead atoms. The summed E-state index contributed by atoms with van der Waals surface area (Å²) in [7, 11) is 0. The Morgan fingerprint density at radius 2 is 1.91 bits per heavy atom. The first kappa shape index (κ1) is 16.1.